The van der Waals surface area contributed by atoms with Crippen LogP contribution < -0.4 is 5.32 Å². The molecule has 1 atom stereocenters. The Morgan fingerprint density at radius 1 is 1.41 bits per heavy atom. The van der Waals surface area contributed by atoms with E-state index in [1.54, 1.807) is 0 Å². The Kier molecular flexibility index (Phi) is 8.65. The molecule has 0 saturated carbocycles. The van der Waals surface area contributed by atoms with Crippen molar-refractivity contribution in [1.29, 1.82) is 0 Å². The van der Waals surface area contributed by atoms with E-state index in [4.69, 9.17) is 9.47 Å². The molecule has 5 heteroatoms. The molecule has 1 rings (SSSR count). The number of halogens is 1. The van der Waals surface area contributed by atoms with Crippen LogP contribution in [-0.2, 0) is 14.3 Å². The number of carbonyl (C=O) groups excluding carboxylic acids is 1. The van der Waals surface area contributed by atoms with Crippen molar-refractivity contribution in [1.82, 2.24) is 5.32 Å². The van der Waals surface area contributed by atoms with Crippen molar-refractivity contribution >= 4 is 21.8 Å². The lowest BCUT2D eigenvalue weighted by atomic mass is 10.0. The van der Waals surface area contributed by atoms with E-state index in [9.17, 15) is 4.79 Å². The zero-order valence-electron chi connectivity index (χ0n) is 10.3. The van der Waals surface area contributed by atoms with E-state index < -0.39 is 0 Å². The number of hydrogen-bond donors (Lipinski definition) is 1. The number of ether oxygens (including phenoxy) is 2. The first-order valence-electron chi connectivity index (χ1n) is 6.35. The summed E-state index contributed by atoms with van der Waals surface area (Å²) in [6.07, 6.45) is 5.18. The minimum Gasteiger partial charge on any atom is -0.379 e. The number of hydrogen-bond acceptors (Lipinski definition) is 3. The van der Waals surface area contributed by atoms with Gasteiger partial charge in [-0.1, -0.05) is 15.9 Å². The molecule has 1 fully saturated rings. The highest BCUT2D eigenvalue weighted by Crippen LogP contribution is 2.16. The number of amides is 1. The maximum Gasteiger partial charge on any atom is 0.220 e. The van der Waals surface area contributed by atoms with Crippen molar-refractivity contribution in [2.24, 2.45) is 0 Å². The molecule has 0 aliphatic carbocycles. The molecule has 0 bridgehead atoms. The molecule has 1 N–H and O–H groups in total. The van der Waals surface area contributed by atoms with Gasteiger partial charge in [0.1, 0.15) is 0 Å². The molecule has 0 radical (unpaired) electrons. The van der Waals surface area contributed by atoms with Gasteiger partial charge in [0, 0.05) is 24.9 Å². The van der Waals surface area contributed by atoms with E-state index in [0.29, 0.717) is 32.3 Å². The maximum atomic E-state index is 11.5. The average Bonchev–Trinajstić information content (AvgIpc) is 2.37. The van der Waals surface area contributed by atoms with Crippen LogP contribution in [0.15, 0.2) is 0 Å². The van der Waals surface area contributed by atoms with Crippen LogP contribution in [0.1, 0.15) is 32.1 Å². The van der Waals surface area contributed by atoms with Gasteiger partial charge < -0.3 is 14.8 Å². The Bertz CT molecular complexity index is 208. The summed E-state index contributed by atoms with van der Waals surface area (Å²) in [7, 11) is 0. The van der Waals surface area contributed by atoms with Crippen LogP contribution >= 0.6 is 15.9 Å². The van der Waals surface area contributed by atoms with Crippen molar-refractivity contribution < 1.29 is 14.3 Å². The van der Waals surface area contributed by atoms with E-state index in [1.165, 1.54) is 6.42 Å². The Morgan fingerprint density at radius 2 is 2.29 bits per heavy atom. The van der Waals surface area contributed by atoms with Crippen LogP contribution in [-0.4, -0.2) is 43.7 Å². The third-order valence-corrected chi connectivity index (χ3v) is 3.08. The Labute approximate surface area is 112 Å². The lowest BCUT2D eigenvalue weighted by Crippen LogP contribution is -2.29. The van der Waals surface area contributed by atoms with Gasteiger partial charge in [0.25, 0.3) is 0 Å². The lowest BCUT2D eigenvalue weighted by Gasteiger charge is -2.22. The zero-order valence-corrected chi connectivity index (χ0v) is 11.8. The minimum atomic E-state index is 0.0987. The highest BCUT2D eigenvalue weighted by Gasteiger charge is 2.14. The summed E-state index contributed by atoms with van der Waals surface area (Å²) in [5, 5.41) is 3.68. The van der Waals surface area contributed by atoms with Gasteiger partial charge in [0.15, 0.2) is 0 Å². The Morgan fingerprint density at radius 3 is 3.00 bits per heavy atom. The van der Waals surface area contributed by atoms with E-state index in [2.05, 4.69) is 21.2 Å². The predicted octanol–water partition coefficient (Wildman–Crippen LogP) is 1.86. The van der Waals surface area contributed by atoms with Crippen LogP contribution in [0, 0.1) is 0 Å². The van der Waals surface area contributed by atoms with E-state index >= 15 is 0 Å². The molecular formula is C12H22BrNO3. The second-order valence-electron chi connectivity index (χ2n) is 4.18. The zero-order chi connectivity index (χ0) is 12.3. The largest absolute Gasteiger partial charge is 0.379 e. The van der Waals surface area contributed by atoms with Gasteiger partial charge in [-0.2, -0.15) is 0 Å². The summed E-state index contributed by atoms with van der Waals surface area (Å²) < 4.78 is 10.8. The summed E-state index contributed by atoms with van der Waals surface area (Å²) in [5.74, 6) is 0.0987. The third kappa shape index (κ3) is 7.73. The standard InChI is InChI=1S/C12H22BrNO3/c13-6-9-16-10-7-14-12(15)5-4-11-3-1-2-8-17-11/h11H,1-10H2,(H,14,15). The fourth-order valence-corrected chi connectivity index (χ4v) is 2.06. The number of rotatable bonds is 8. The topological polar surface area (TPSA) is 47.6 Å². The lowest BCUT2D eigenvalue weighted by molar-refractivity contribution is -0.122. The summed E-state index contributed by atoms with van der Waals surface area (Å²) >= 11 is 3.27. The van der Waals surface area contributed by atoms with Gasteiger partial charge in [0.05, 0.1) is 19.3 Å². The molecule has 1 unspecified atom stereocenters. The summed E-state index contributed by atoms with van der Waals surface area (Å²) in [6.45, 7) is 2.72. The number of alkyl halides is 1. The van der Waals surface area contributed by atoms with E-state index in [1.807, 2.05) is 0 Å². The highest BCUT2D eigenvalue weighted by atomic mass is 79.9. The normalized spacial score (nSPS) is 20.2. The smallest absolute Gasteiger partial charge is 0.220 e. The quantitative estimate of drug-likeness (QED) is 0.550. The molecule has 1 saturated heterocycles. The average molecular weight is 308 g/mol. The van der Waals surface area contributed by atoms with Gasteiger partial charge in [-0.15, -0.1) is 0 Å². The second kappa shape index (κ2) is 9.85. The van der Waals surface area contributed by atoms with Crippen LogP contribution in [0.2, 0.25) is 0 Å². The van der Waals surface area contributed by atoms with Crippen molar-refractivity contribution in [2.75, 3.05) is 31.7 Å². The maximum absolute atomic E-state index is 11.5. The van der Waals surface area contributed by atoms with Gasteiger partial charge in [0.2, 0.25) is 5.91 Å². The van der Waals surface area contributed by atoms with Crippen LogP contribution in [0.3, 0.4) is 0 Å². The molecule has 100 valence electrons. The van der Waals surface area contributed by atoms with E-state index in [-0.39, 0.29) is 5.91 Å². The Balaban J connectivity index is 1.93. The molecular weight excluding hydrogens is 286 g/mol. The van der Waals surface area contributed by atoms with Crippen LogP contribution in [0.4, 0.5) is 0 Å². The van der Waals surface area contributed by atoms with Gasteiger partial charge >= 0.3 is 0 Å². The van der Waals surface area contributed by atoms with Crippen molar-refractivity contribution in [3.8, 4) is 0 Å². The molecule has 0 aromatic heterocycles. The van der Waals surface area contributed by atoms with Gasteiger partial charge in [-0.05, 0) is 25.7 Å². The molecule has 1 aliphatic rings. The summed E-state index contributed by atoms with van der Waals surface area (Å²) in [6, 6.07) is 0. The van der Waals surface area contributed by atoms with Crippen molar-refractivity contribution in [2.45, 2.75) is 38.2 Å². The molecule has 0 aromatic rings. The highest BCUT2D eigenvalue weighted by molar-refractivity contribution is 9.09. The summed E-state index contributed by atoms with van der Waals surface area (Å²) in [4.78, 5) is 11.5. The first-order valence-corrected chi connectivity index (χ1v) is 7.47. The Hall–Kier alpha value is -0.130. The van der Waals surface area contributed by atoms with Gasteiger partial charge in [-0.25, -0.2) is 0 Å². The fourth-order valence-electron chi connectivity index (χ4n) is 1.83. The second-order valence-corrected chi connectivity index (χ2v) is 4.97. The first kappa shape index (κ1) is 14.9. The van der Waals surface area contributed by atoms with Crippen LogP contribution in [0.5, 0.6) is 0 Å². The summed E-state index contributed by atoms with van der Waals surface area (Å²) in [5.41, 5.74) is 0. The number of nitrogens with one attached hydrogen (secondary N) is 1. The first-order chi connectivity index (χ1) is 8.33. The molecule has 1 amide bonds. The molecule has 1 heterocycles. The monoisotopic (exact) mass is 307 g/mol. The molecule has 0 spiro atoms. The van der Waals surface area contributed by atoms with Crippen molar-refractivity contribution in [3.05, 3.63) is 0 Å². The number of carbonyl (C=O) groups is 1. The fraction of sp³-hybridized carbons (Fsp3) is 0.917. The third-order valence-electron chi connectivity index (χ3n) is 2.76. The minimum absolute atomic E-state index is 0.0987. The molecule has 0 aromatic carbocycles. The predicted molar refractivity (Wildman–Crippen MR) is 70.4 cm³/mol. The molecule has 17 heavy (non-hydrogen) atoms. The van der Waals surface area contributed by atoms with E-state index in [0.717, 1.165) is 31.2 Å². The molecule has 1 aliphatic heterocycles. The SMILES string of the molecule is O=C(CCC1CCCCO1)NCCOCCBr. The van der Waals surface area contributed by atoms with Gasteiger partial charge in [-0.3, -0.25) is 4.79 Å². The molecule has 4 nitrogen and oxygen atoms in total. The van der Waals surface area contributed by atoms with Crippen LogP contribution in [0.25, 0.3) is 0 Å². The van der Waals surface area contributed by atoms with Crippen molar-refractivity contribution in [3.63, 3.8) is 0 Å².